The molecule has 18 heavy (non-hydrogen) atoms. The molecule has 1 heterocycles. The van der Waals surface area contributed by atoms with Crippen molar-refractivity contribution in [2.24, 2.45) is 7.05 Å². The van der Waals surface area contributed by atoms with Crippen LogP contribution in [0.25, 0.3) is 0 Å². The zero-order valence-electron chi connectivity index (χ0n) is 10.1. The number of ketones is 1. The molecule has 2 rings (SSSR count). The van der Waals surface area contributed by atoms with Gasteiger partial charge in [0, 0.05) is 35.8 Å². The summed E-state index contributed by atoms with van der Waals surface area (Å²) in [5.74, 6) is 1.51. The second kappa shape index (κ2) is 6.12. The topological polar surface area (TPSA) is 22.0 Å². The molecule has 4 heteroatoms. The van der Waals surface area contributed by atoms with E-state index in [9.17, 15) is 4.79 Å². The Hall–Kier alpha value is -1.19. The van der Waals surface area contributed by atoms with Gasteiger partial charge in [0.25, 0.3) is 0 Å². The average Bonchev–Trinajstić information content (AvgIpc) is 2.78. The van der Waals surface area contributed by atoms with Crippen molar-refractivity contribution >= 4 is 29.1 Å². The Bertz CT molecular complexity index is 533. The monoisotopic (exact) mass is 279 g/mol. The Morgan fingerprint density at radius 1 is 1.28 bits per heavy atom. The molecule has 0 aliphatic carbocycles. The normalized spacial score (nSPS) is 10.6. The Balaban J connectivity index is 1.82. The van der Waals surface area contributed by atoms with E-state index in [1.54, 1.807) is 11.8 Å². The summed E-state index contributed by atoms with van der Waals surface area (Å²) in [6.45, 7) is 0. The summed E-state index contributed by atoms with van der Waals surface area (Å²) in [5.41, 5.74) is 1.96. The van der Waals surface area contributed by atoms with Crippen molar-refractivity contribution < 1.29 is 4.79 Å². The van der Waals surface area contributed by atoms with Crippen LogP contribution in [0.5, 0.6) is 0 Å². The molecule has 2 aromatic rings. The molecule has 0 amide bonds. The lowest BCUT2D eigenvalue weighted by molar-refractivity contribution is 0.102. The highest BCUT2D eigenvalue weighted by molar-refractivity contribution is 7.99. The second-order valence-electron chi connectivity index (χ2n) is 4.11. The van der Waals surface area contributed by atoms with E-state index >= 15 is 0 Å². The number of rotatable bonds is 5. The lowest BCUT2D eigenvalue weighted by Gasteiger charge is -2.01. The number of nitrogens with zero attached hydrogens (tertiary/aromatic N) is 1. The van der Waals surface area contributed by atoms with Crippen LogP contribution in [0.3, 0.4) is 0 Å². The molecule has 0 aliphatic heterocycles. The van der Waals surface area contributed by atoms with Crippen molar-refractivity contribution in [1.82, 2.24) is 4.57 Å². The number of aromatic nitrogens is 1. The molecule has 0 fully saturated rings. The van der Waals surface area contributed by atoms with Crippen molar-refractivity contribution in [3.8, 4) is 0 Å². The van der Waals surface area contributed by atoms with Crippen molar-refractivity contribution in [1.29, 1.82) is 0 Å². The molecule has 0 spiro atoms. The summed E-state index contributed by atoms with van der Waals surface area (Å²) in [4.78, 5) is 11.8. The third kappa shape index (κ3) is 3.65. The SMILES string of the molecule is Cn1ccc(C(=O)CSCc2ccc(Cl)cc2)c1. The van der Waals surface area contributed by atoms with Crippen LogP contribution in [-0.2, 0) is 12.8 Å². The van der Waals surface area contributed by atoms with Gasteiger partial charge in [0.2, 0.25) is 0 Å². The zero-order valence-corrected chi connectivity index (χ0v) is 11.7. The molecule has 0 aliphatic rings. The van der Waals surface area contributed by atoms with Crippen LogP contribution in [0.2, 0.25) is 5.02 Å². The van der Waals surface area contributed by atoms with Gasteiger partial charge >= 0.3 is 0 Å². The maximum Gasteiger partial charge on any atom is 0.174 e. The largest absolute Gasteiger partial charge is 0.357 e. The number of benzene rings is 1. The molecule has 0 saturated heterocycles. The van der Waals surface area contributed by atoms with Crippen molar-refractivity contribution in [2.45, 2.75) is 5.75 Å². The maximum atomic E-state index is 11.8. The fourth-order valence-electron chi connectivity index (χ4n) is 1.59. The number of carbonyl (C=O) groups is 1. The van der Waals surface area contributed by atoms with Crippen LogP contribution in [0.4, 0.5) is 0 Å². The molecule has 0 atom stereocenters. The number of carbonyl (C=O) groups excluding carboxylic acids is 1. The van der Waals surface area contributed by atoms with Crippen LogP contribution in [-0.4, -0.2) is 16.1 Å². The molecular formula is C14H14ClNOS. The zero-order chi connectivity index (χ0) is 13.0. The fraction of sp³-hybridized carbons (Fsp3) is 0.214. The van der Waals surface area contributed by atoms with Gasteiger partial charge in [-0.3, -0.25) is 4.79 Å². The molecule has 0 radical (unpaired) electrons. The number of hydrogen-bond donors (Lipinski definition) is 0. The standard InChI is InChI=1S/C14H14ClNOS/c1-16-7-6-12(8-16)14(17)10-18-9-11-2-4-13(15)5-3-11/h2-8H,9-10H2,1H3. The highest BCUT2D eigenvalue weighted by atomic mass is 35.5. The molecule has 0 saturated carbocycles. The van der Waals surface area contributed by atoms with Gasteiger partial charge in [-0.2, -0.15) is 0 Å². The summed E-state index contributed by atoms with van der Waals surface area (Å²) < 4.78 is 1.89. The first-order valence-electron chi connectivity index (χ1n) is 5.62. The van der Waals surface area contributed by atoms with Gasteiger partial charge in [0.05, 0.1) is 5.75 Å². The Kier molecular flexibility index (Phi) is 4.50. The molecule has 94 valence electrons. The molecule has 0 N–H and O–H groups in total. The average molecular weight is 280 g/mol. The number of Topliss-reactive ketones (excluding diaryl/α,β-unsaturated/α-hetero) is 1. The number of halogens is 1. The van der Waals surface area contributed by atoms with Crippen LogP contribution in [0.15, 0.2) is 42.7 Å². The van der Waals surface area contributed by atoms with Gasteiger partial charge in [-0.1, -0.05) is 23.7 Å². The van der Waals surface area contributed by atoms with Crippen molar-refractivity contribution in [2.75, 3.05) is 5.75 Å². The number of thioether (sulfide) groups is 1. The third-order valence-electron chi connectivity index (χ3n) is 2.57. The predicted octanol–water partition coefficient (Wildman–Crippen LogP) is 3.79. The quantitative estimate of drug-likeness (QED) is 0.777. The van der Waals surface area contributed by atoms with Crippen molar-refractivity contribution in [3.05, 3.63) is 58.9 Å². The molecule has 2 nitrogen and oxygen atoms in total. The van der Waals surface area contributed by atoms with Crippen LogP contribution >= 0.6 is 23.4 Å². The van der Waals surface area contributed by atoms with E-state index in [2.05, 4.69) is 0 Å². The number of hydrogen-bond acceptors (Lipinski definition) is 2. The third-order valence-corrected chi connectivity index (χ3v) is 3.82. The smallest absolute Gasteiger partial charge is 0.174 e. The van der Waals surface area contributed by atoms with E-state index in [4.69, 9.17) is 11.6 Å². The first-order chi connectivity index (χ1) is 8.65. The summed E-state index contributed by atoms with van der Waals surface area (Å²) in [6.07, 6.45) is 3.74. The molecule has 0 bridgehead atoms. The van der Waals surface area contributed by atoms with E-state index < -0.39 is 0 Å². The number of aryl methyl sites for hydroxylation is 1. The maximum absolute atomic E-state index is 11.8. The summed E-state index contributed by atoms with van der Waals surface area (Å²) >= 11 is 7.44. The summed E-state index contributed by atoms with van der Waals surface area (Å²) in [6, 6.07) is 9.57. The van der Waals surface area contributed by atoms with E-state index in [1.807, 2.05) is 54.3 Å². The van der Waals surface area contributed by atoms with Crippen molar-refractivity contribution in [3.63, 3.8) is 0 Å². The lowest BCUT2D eigenvalue weighted by Crippen LogP contribution is -2.01. The minimum absolute atomic E-state index is 0.176. The molecule has 1 aromatic carbocycles. The van der Waals surface area contributed by atoms with Crippen LogP contribution < -0.4 is 0 Å². The molecular weight excluding hydrogens is 266 g/mol. The van der Waals surface area contributed by atoms with Gasteiger partial charge in [-0.15, -0.1) is 11.8 Å². The molecule has 0 unspecified atom stereocenters. The highest BCUT2D eigenvalue weighted by Gasteiger charge is 2.06. The summed E-state index contributed by atoms with van der Waals surface area (Å²) in [7, 11) is 1.91. The minimum Gasteiger partial charge on any atom is -0.357 e. The van der Waals surface area contributed by atoms with Crippen LogP contribution in [0.1, 0.15) is 15.9 Å². The first kappa shape index (κ1) is 13.2. The van der Waals surface area contributed by atoms with Gasteiger partial charge < -0.3 is 4.57 Å². The predicted molar refractivity (Wildman–Crippen MR) is 77.4 cm³/mol. The Morgan fingerprint density at radius 3 is 2.61 bits per heavy atom. The highest BCUT2D eigenvalue weighted by Crippen LogP contribution is 2.16. The van der Waals surface area contributed by atoms with Gasteiger partial charge in [0.15, 0.2) is 5.78 Å². The van der Waals surface area contributed by atoms with E-state index in [-0.39, 0.29) is 5.78 Å². The van der Waals surface area contributed by atoms with Gasteiger partial charge in [-0.05, 0) is 23.8 Å². The fourth-order valence-corrected chi connectivity index (χ4v) is 2.60. The van der Waals surface area contributed by atoms with Crippen LogP contribution in [0, 0.1) is 0 Å². The van der Waals surface area contributed by atoms with E-state index in [0.29, 0.717) is 5.75 Å². The summed E-state index contributed by atoms with van der Waals surface area (Å²) in [5, 5.41) is 0.740. The second-order valence-corrected chi connectivity index (χ2v) is 5.53. The minimum atomic E-state index is 0.176. The first-order valence-corrected chi connectivity index (χ1v) is 7.16. The van der Waals surface area contributed by atoms with E-state index in [0.717, 1.165) is 16.3 Å². The van der Waals surface area contributed by atoms with Gasteiger partial charge in [0.1, 0.15) is 0 Å². The Labute approximate surface area is 116 Å². The molecule has 1 aromatic heterocycles. The van der Waals surface area contributed by atoms with E-state index in [1.165, 1.54) is 5.56 Å². The lowest BCUT2D eigenvalue weighted by atomic mass is 10.2. The van der Waals surface area contributed by atoms with Gasteiger partial charge in [-0.25, -0.2) is 0 Å². The Morgan fingerprint density at radius 2 is 2.00 bits per heavy atom.